The average molecular weight is 352 g/mol. The fourth-order valence-electron chi connectivity index (χ4n) is 2.96. The van der Waals surface area contributed by atoms with E-state index >= 15 is 0 Å². The number of hydrogen-bond acceptors (Lipinski definition) is 4. The first-order valence-electron chi connectivity index (χ1n) is 7.89. The van der Waals surface area contributed by atoms with Crippen LogP contribution in [-0.2, 0) is 0 Å². The van der Waals surface area contributed by atoms with Crippen molar-refractivity contribution in [2.45, 2.75) is 20.8 Å². The summed E-state index contributed by atoms with van der Waals surface area (Å²) in [6.45, 7) is 5.92. The Morgan fingerprint density at radius 2 is 1.88 bits per heavy atom. The van der Waals surface area contributed by atoms with Crippen LogP contribution in [0.1, 0.15) is 22.6 Å². The van der Waals surface area contributed by atoms with Gasteiger partial charge in [0.05, 0.1) is 16.3 Å². The molecule has 0 amide bonds. The van der Waals surface area contributed by atoms with Gasteiger partial charge in [0.25, 0.3) is 0 Å². The van der Waals surface area contributed by atoms with Gasteiger partial charge in [0.15, 0.2) is 0 Å². The van der Waals surface area contributed by atoms with Gasteiger partial charge < -0.3 is 9.42 Å². The summed E-state index contributed by atoms with van der Waals surface area (Å²) >= 11 is 6.19. The Morgan fingerprint density at radius 3 is 2.48 bits per heavy atom. The zero-order valence-electron chi connectivity index (χ0n) is 14.6. The minimum atomic E-state index is 0.450. The number of hydrogen-bond donors (Lipinski definition) is 0. The molecule has 3 rings (SSSR count). The van der Waals surface area contributed by atoms with Crippen molar-refractivity contribution in [1.82, 2.24) is 5.16 Å². The first kappa shape index (κ1) is 17.1. The molecule has 1 heterocycles. The fraction of sp³-hybridized carbons (Fsp3) is 0.200. The molecule has 0 aliphatic heterocycles. The molecule has 3 aromatic rings. The molecule has 5 heteroatoms. The SMILES string of the molecule is Cc1ccc(-c2c(C)noc2C)cc1N(C)c1ccc(C#N)c(Cl)c1. The Hall–Kier alpha value is -2.77. The van der Waals surface area contributed by atoms with Gasteiger partial charge in [0.2, 0.25) is 0 Å². The second-order valence-electron chi connectivity index (χ2n) is 6.04. The van der Waals surface area contributed by atoms with Crippen molar-refractivity contribution in [3.63, 3.8) is 0 Å². The van der Waals surface area contributed by atoms with E-state index in [4.69, 9.17) is 21.4 Å². The van der Waals surface area contributed by atoms with E-state index in [0.29, 0.717) is 10.6 Å². The van der Waals surface area contributed by atoms with Gasteiger partial charge in [-0.05, 0) is 56.2 Å². The Morgan fingerprint density at radius 1 is 1.12 bits per heavy atom. The highest BCUT2D eigenvalue weighted by atomic mass is 35.5. The maximum atomic E-state index is 9.04. The van der Waals surface area contributed by atoms with Crippen LogP contribution in [0.3, 0.4) is 0 Å². The first-order chi connectivity index (χ1) is 11.9. The molecule has 0 aliphatic rings. The zero-order valence-corrected chi connectivity index (χ0v) is 15.3. The quantitative estimate of drug-likeness (QED) is 0.619. The van der Waals surface area contributed by atoms with Crippen molar-refractivity contribution in [1.29, 1.82) is 5.26 Å². The third-order valence-corrected chi connectivity index (χ3v) is 4.67. The zero-order chi connectivity index (χ0) is 18.1. The van der Waals surface area contributed by atoms with E-state index in [1.165, 1.54) is 0 Å². The smallest absolute Gasteiger partial charge is 0.141 e. The average Bonchev–Trinajstić information content (AvgIpc) is 2.93. The van der Waals surface area contributed by atoms with Gasteiger partial charge in [-0.3, -0.25) is 0 Å². The number of anilines is 2. The Bertz CT molecular complexity index is 966. The lowest BCUT2D eigenvalue weighted by atomic mass is 10.0. The van der Waals surface area contributed by atoms with Crippen LogP contribution in [0, 0.1) is 32.1 Å². The molecule has 0 saturated heterocycles. The summed E-state index contributed by atoms with van der Waals surface area (Å²) in [5, 5.41) is 13.5. The van der Waals surface area contributed by atoms with Crippen LogP contribution in [0.25, 0.3) is 11.1 Å². The molecule has 0 saturated carbocycles. The van der Waals surface area contributed by atoms with Crippen molar-refractivity contribution in [2.24, 2.45) is 0 Å². The third-order valence-electron chi connectivity index (χ3n) is 4.35. The highest BCUT2D eigenvalue weighted by Crippen LogP contribution is 2.35. The molecule has 126 valence electrons. The Labute approximate surface area is 152 Å². The van der Waals surface area contributed by atoms with E-state index in [2.05, 4.69) is 41.2 Å². The van der Waals surface area contributed by atoms with Crippen LogP contribution >= 0.6 is 11.6 Å². The molecule has 0 unspecified atom stereocenters. The number of aryl methyl sites for hydroxylation is 3. The summed E-state index contributed by atoms with van der Waals surface area (Å²) in [4.78, 5) is 2.06. The van der Waals surface area contributed by atoms with Gasteiger partial charge in [-0.1, -0.05) is 28.9 Å². The van der Waals surface area contributed by atoms with E-state index < -0.39 is 0 Å². The molecule has 1 aromatic heterocycles. The Kier molecular flexibility index (Phi) is 4.52. The molecule has 0 atom stereocenters. The molecular formula is C20H18ClN3O. The number of halogens is 1. The monoisotopic (exact) mass is 351 g/mol. The Balaban J connectivity index is 2.06. The fourth-order valence-corrected chi connectivity index (χ4v) is 3.18. The second kappa shape index (κ2) is 6.62. The van der Waals surface area contributed by atoms with E-state index in [1.54, 1.807) is 6.07 Å². The standard InChI is InChI=1S/C20H18ClN3O/c1-12-5-6-15(20-13(2)23-25-14(20)3)9-19(12)24(4)17-8-7-16(11-22)18(21)10-17/h5-10H,1-4H3. The normalized spacial score (nSPS) is 10.6. The predicted octanol–water partition coefficient (Wildman–Crippen LogP) is 5.56. The minimum absolute atomic E-state index is 0.450. The summed E-state index contributed by atoms with van der Waals surface area (Å²) in [6.07, 6.45) is 0. The van der Waals surface area contributed by atoms with Crippen molar-refractivity contribution in [3.05, 3.63) is 64.0 Å². The van der Waals surface area contributed by atoms with Gasteiger partial charge in [0.1, 0.15) is 11.8 Å². The van der Waals surface area contributed by atoms with Crippen LogP contribution in [0.5, 0.6) is 0 Å². The third kappa shape index (κ3) is 3.11. The van der Waals surface area contributed by atoms with Gasteiger partial charge in [0, 0.05) is 24.0 Å². The van der Waals surface area contributed by atoms with E-state index in [9.17, 15) is 0 Å². The van der Waals surface area contributed by atoms with Crippen LogP contribution in [0.4, 0.5) is 11.4 Å². The molecule has 25 heavy (non-hydrogen) atoms. The molecule has 0 fully saturated rings. The number of aromatic nitrogens is 1. The largest absolute Gasteiger partial charge is 0.361 e. The molecule has 0 radical (unpaired) electrons. The molecule has 0 N–H and O–H groups in total. The van der Waals surface area contributed by atoms with Gasteiger partial charge in [-0.25, -0.2) is 0 Å². The topological polar surface area (TPSA) is 53.1 Å². The highest BCUT2D eigenvalue weighted by Gasteiger charge is 2.15. The molecule has 0 aliphatic carbocycles. The summed E-state index contributed by atoms with van der Waals surface area (Å²) in [7, 11) is 1.98. The number of rotatable bonds is 3. The summed E-state index contributed by atoms with van der Waals surface area (Å²) in [6, 6.07) is 13.8. The minimum Gasteiger partial charge on any atom is -0.361 e. The van der Waals surface area contributed by atoms with E-state index in [0.717, 1.165) is 39.5 Å². The molecular weight excluding hydrogens is 334 g/mol. The lowest BCUT2D eigenvalue weighted by Gasteiger charge is -2.23. The molecule has 0 spiro atoms. The maximum absolute atomic E-state index is 9.04. The summed E-state index contributed by atoms with van der Waals surface area (Å²) in [5.74, 6) is 0.802. The van der Waals surface area contributed by atoms with Crippen molar-refractivity contribution in [3.8, 4) is 17.2 Å². The lowest BCUT2D eigenvalue weighted by molar-refractivity contribution is 0.393. The summed E-state index contributed by atoms with van der Waals surface area (Å²) < 4.78 is 5.29. The predicted molar refractivity (Wildman–Crippen MR) is 100 cm³/mol. The van der Waals surface area contributed by atoms with Crippen molar-refractivity contribution >= 4 is 23.0 Å². The number of nitriles is 1. The van der Waals surface area contributed by atoms with Crippen LogP contribution in [-0.4, -0.2) is 12.2 Å². The molecule has 2 aromatic carbocycles. The van der Waals surface area contributed by atoms with E-state index in [-0.39, 0.29) is 0 Å². The van der Waals surface area contributed by atoms with E-state index in [1.807, 2.05) is 33.0 Å². The second-order valence-corrected chi connectivity index (χ2v) is 6.44. The highest BCUT2D eigenvalue weighted by molar-refractivity contribution is 6.32. The first-order valence-corrected chi connectivity index (χ1v) is 8.27. The van der Waals surface area contributed by atoms with Crippen molar-refractivity contribution < 1.29 is 4.52 Å². The van der Waals surface area contributed by atoms with Crippen LogP contribution < -0.4 is 4.90 Å². The van der Waals surface area contributed by atoms with Crippen LogP contribution in [0.15, 0.2) is 40.9 Å². The lowest BCUT2D eigenvalue weighted by Crippen LogP contribution is -2.11. The number of benzene rings is 2. The van der Waals surface area contributed by atoms with Gasteiger partial charge in [-0.15, -0.1) is 0 Å². The number of nitrogens with zero attached hydrogens (tertiary/aromatic N) is 3. The maximum Gasteiger partial charge on any atom is 0.141 e. The summed E-state index contributed by atoms with van der Waals surface area (Å²) in [5.41, 5.74) is 6.53. The van der Waals surface area contributed by atoms with Gasteiger partial charge >= 0.3 is 0 Å². The van der Waals surface area contributed by atoms with Gasteiger partial charge in [-0.2, -0.15) is 5.26 Å². The van der Waals surface area contributed by atoms with Crippen LogP contribution in [0.2, 0.25) is 5.02 Å². The molecule has 0 bridgehead atoms. The van der Waals surface area contributed by atoms with Crippen molar-refractivity contribution in [2.75, 3.05) is 11.9 Å². The molecule has 4 nitrogen and oxygen atoms in total.